The van der Waals surface area contributed by atoms with E-state index in [0.717, 1.165) is 13.1 Å². The van der Waals surface area contributed by atoms with Gasteiger partial charge in [0.1, 0.15) is 5.56 Å². The van der Waals surface area contributed by atoms with Gasteiger partial charge in [-0.25, -0.2) is 4.98 Å². The maximum Gasteiger partial charge on any atom is 0.271 e. The summed E-state index contributed by atoms with van der Waals surface area (Å²) >= 11 is 1.37. The molecule has 1 fully saturated rings. The molecule has 1 N–H and O–H groups in total. The average molecular weight is 278 g/mol. The van der Waals surface area contributed by atoms with E-state index in [0.29, 0.717) is 11.5 Å². The van der Waals surface area contributed by atoms with Crippen molar-refractivity contribution in [1.82, 2.24) is 19.6 Å². The van der Waals surface area contributed by atoms with Crippen LogP contribution in [0.2, 0.25) is 0 Å². The summed E-state index contributed by atoms with van der Waals surface area (Å²) in [6.45, 7) is 4.09. The third-order valence-corrected chi connectivity index (χ3v) is 4.11. The van der Waals surface area contributed by atoms with Crippen molar-refractivity contribution in [2.45, 2.75) is 13.0 Å². The van der Waals surface area contributed by atoms with Crippen molar-refractivity contribution in [3.63, 3.8) is 0 Å². The highest BCUT2D eigenvalue weighted by Crippen LogP contribution is 2.10. The maximum absolute atomic E-state index is 12.4. The second kappa shape index (κ2) is 4.75. The molecule has 19 heavy (non-hydrogen) atoms. The first-order valence-corrected chi connectivity index (χ1v) is 7.03. The summed E-state index contributed by atoms with van der Waals surface area (Å²) in [5.74, 6) is -0.230. The minimum Gasteiger partial charge on any atom is -0.333 e. The van der Waals surface area contributed by atoms with Crippen LogP contribution in [0.1, 0.15) is 17.3 Å². The molecule has 1 aliphatic heterocycles. The normalized spacial score (nSPS) is 19.8. The van der Waals surface area contributed by atoms with Crippen molar-refractivity contribution in [3.05, 3.63) is 33.7 Å². The molecule has 0 saturated carbocycles. The number of rotatable bonds is 1. The largest absolute Gasteiger partial charge is 0.333 e. The third kappa shape index (κ3) is 2.04. The van der Waals surface area contributed by atoms with E-state index < -0.39 is 0 Å². The van der Waals surface area contributed by atoms with Crippen LogP contribution in [0.4, 0.5) is 0 Å². The van der Waals surface area contributed by atoms with Crippen LogP contribution >= 0.6 is 11.3 Å². The predicted molar refractivity (Wildman–Crippen MR) is 72.7 cm³/mol. The summed E-state index contributed by atoms with van der Waals surface area (Å²) in [6.07, 6.45) is 3.04. The van der Waals surface area contributed by atoms with E-state index in [1.165, 1.54) is 21.9 Å². The summed E-state index contributed by atoms with van der Waals surface area (Å²) in [5, 5.41) is 5.00. The zero-order valence-corrected chi connectivity index (χ0v) is 11.3. The van der Waals surface area contributed by atoms with Gasteiger partial charge in [0.05, 0.1) is 0 Å². The van der Waals surface area contributed by atoms with Crippen molar-refractivity contribution in [2.24, 2.45) is 0 Å². The minimum absolute atomic E-state index is 0.0869. The van der Waals surface area contributed by atoms with Crippen LogP contribution in [-0.4, -0.2) is 45.9 Å². The Labute approximate surface area is 113 Å². The molecule has 0 spiro atoms. The van der Waals surface area contributed by atoms with Crippen LogP contribution in [0.5, 0.6) is 0 Å². The van der Waals surface area contributed by atoms with Gasteiger partial charge in [-0.15, -0.1) is 11.3 Å². The third-order valence-electron chi connectivity index (χ3n) is 3.34. The van der Waals surface area contributed by atoms with Crippen LogP contribution < -0.4 is 10.9 Å². The molecule has 1 aliphatic rings. The molecule has 1 saturated heterocycles. The molecular weight excluding hydrogens is 264 g/mol. The Balaban J connectivity index is 2.01. The highest BCUT2D eigenvalue weighted by atomic mass is 32.1. The fourth-order valence-corrected chi connectivity index (χ4v) is 2.94. The lowest BCUT2D eigenvalue weighted by Gasteiger charge is -2.33. The number of nitrogens with zero attached hydrogens (tertiary/aromatic N) is 3. The number of thiazole rings is 1. The molecule has 1 atom stereocenters. The van der Waals surface area contributed by atoms with Gasteiger partial charge in [-0.2, -0.15) is 0 Å². The molecule has 100 valence electrons. The van der Waals surface area contributed by atoms with E-state index >= 15 is 0 Å². The molecule has 0 aliphatic carbocycles. The van der Waals surface area contributed by atoms with E-state index in [1.807, 2.05) is 6.92 Å². The summed E-state index contributed by atoms with van der Waals surface area (Å²) < 4.78 is 1.42. The molecule has 3 heterocycles. The molecule has 7 heteroatoms. The van der Waals surface area contributed by atoms with Crippen LogP contribution in [0, 0.1) is 0 Å². The fourth-order valence-electron chi connectivity index (χ4n) is 2.27. The van der Waals surface area contributed by atoms with Gasteiger partial charge in [-0.3, -0.25) is 14.0 Å². The van der Waals surface area contributed by atoms with Gasteiger partial charge in [0, 0.05) is 43.4 Å². The highest BCUT2D eigenvalue weighted by molar-refractivity contribution is 7.15. The molecule has 6 nitrogen and oxygen atoms in total. The fraction of sp³-hybridized carbons (Fsp3) is 0.417. The van der Waals surface area contributed by atoms with Crippen molar-refractivity contribution >= 4 is 22.2 Å². The molecule has 1 amide bonds. The van der Waals surface area contributed by atoms with Gasteiger partial charge in [0.15, 0.2) is 4.96 Å². The molecule has 2 aromatic heterocycles. The van der Waals surface area contributed by atoms with E-state index in [9.17, 15) is 9.59 Å². The lowest BCUT2D eigenvalue weighted by molar-refractivity contribution is 0.0653. The van der Waals surface area contributed by atoms with Crippen molar-refractivity contribution in [1.29, 1.82) is 0 Å². The topological polar surface area (TPSA) is 66.7 Å². The predicted octanol–water partition coefficient (Wildman–Crippen LogP) is 0.190. The van der Waals surface area contributed by atoms with Crippen molar-refractivity contribution < 1.29 is 4.79 Å². The van der Waals surface area contributed by atoms with Crippen LogP contribution in [0.25, 0.3) is 4.96 Å². The van der Waals surface area contributed by atoms with Crippen LogP contribution in [-0.2, 0) is 0 Å². The molecular formula is C12H14N4O2S. The van der Waals surface area contributed by atoms with Crippen LogP contribution in [0.3, 0.4) is 0 Å². The molecule has 3 rings (SSSR count). The lowest BCUT2D eigenvalue weighted by atomic mass is 10.2. The van der Waals surface area contributed by atoms with Gasteiger partial charge in [-0.1, -0.05) is 0 Å². The molecule has 0 bridgehead atoms. The molecule has 0 radical (unpaired) electrons. The zero-order valence-electron chi connectivity index (χ0n) is 10.5. The standard InChI is InChI=1S/C12H14N4O2S/c1-8-6-13-2-3-15(8)10(17)9-7-14-12-16(11(9)18)4-5-19-12/h4-5,7-8,13H,2-3,6H2,1H3/t8-/m0/s1. The first-order valence-electron chi connectivity index (χ1n) is 6.15. The van der Waals surface area contributed by atoms with E-state index in [1.54, 1.807) is 16.5 Å². The Morgan fingerprint density at radius 3 is 3.21 bits per heavy atom. The minimum atomic E-state index is -0.290. The number of aromatic nitrogens is 2. The molecule has 0 aromatic carbocycles. The van der Waals surface area contributed by atoms with Gasteiger partial charge in [0.25, 0.3) is 11.5 Å². The summed E-state index contributed by atoms with van der Waals surface area (Å²) in [6, 6.07) is 0.0869. The Bertz CT molecular complexity index is 678. The SMILES string of the molecule is C[C@H]1CNCCN1C(=O)c1cnc2sccn2c1=O. The number of nitrogens with one attached hydrogen (secondary N) is 1. The van der Waals surface area contributed by atoms with Crippen LogP contribution in [0.15, 0.2) is 22.6 Å². The Morgan fingerprint density at radius 1 is 1.58 bits per heavy atom. The second-order valence-corrected chi connectivity index (χ2v) is 5.46. The summed E-state index contributed by atoms with van der Waals surface area (Å²) in [5.41, 5.74) is -0.147. The van der Waals surface area contributed by atoms with Crippen molar-refractivity contribution in [3.8, 4) is 0 Å². The van der Waals surface area contributed by atoms with Gasteiger partial charge >= 0.3 is 0 Å². The van der Waals surface area contributed by atoms with E-state index in [4.69, 9.17) is 0 Å². The van der Waals surface area contributed by atoms with Gasteiger partial charge in [-0.05, 0) is 6.92 Å². The summed E-state index contributed by atoms with van der Waals surface area (Å²) in [4.78, 5) is 31.2. The second-order valence-electron chi connectivity index (χ2n) is 4.58. The number of hydrogen-bond donors (Lipinski definition) is 1. The average Bonchev–Trinajstić information content (AvgIpc) is 2.88. The number of piperazine rings is 1. The lowest BCUT2D eigenvalue weighted by Crippen LogP contribution is -2.53. The highest BCUT2D eigenvalue weighted by Gasteiger charge is 2.26. The number of carbonyl (C=O) groups is 1. The maximum atomic E-state index is 12.4. The number of carbonyl (C=O) groups excluding carboxylic acids is 1. The molecule has 0 unspecified atom stereocenters. The zero-order chi connectivity index (χ0) is 13.4. The van der Waals surface area contributed by atoms with E-state index in [-0.39, 0.29) is 23.1 Å². The van der Waals surface area contributed by atoms with Gasteiger partial charge < -0.3 is 10.2 Å². The van der Waals surface area contributed by atoms with E-state index in [2.05, 4.69) is 10.3 Å². The Kier molecular flexibility index (Phi) is 3.08. The number of hydrogen-bond acceptors (Lipinski definition) is 5. The van der Waals surface area contributed by atoms with Crippen molar-refractivity contribution in [2.75, 3.05) is 19.6 Å². The molecule has 2 aromatic rings. The monoisotopic (exact) mass is 278 g/mol. The van der Waals surface area contributed by atoms with Gasteiger partial charge in [0.2, 0.25) is 0 Å². The quantitative estimate of drug-likeness (QED) is 0.808. The summed E-state index contributed by atoms with van der Waals surface area (Å²) in [7, 11) is 0. The Morgan fingerprint density at radius 2 is 2.42 bits per heavy atom. The Hall–Kier alpha value is -1.73. The number of amides is 1. The number of fused-ring (bicyclic) bond motifs is 1. The first-order chi connectivity index (χ1) is 9.18. The first kappa shape index (κ1) is 12.3. The smallest absolute Gasteiger partial charge is 0.271 e.